The Morgan fingerprint density at radius 3 is 2.39 bits per heavy atom. The minimum absolute atomic E-state index is 0.0142. The third-order valence-electron chi connectivity index (χ3n) is 5.56. The number of ketones is 1. The molecule has 3 rings (SSSR count). The van der Waals surface area contributed by atoms with Crippen LogP contribution in [0.25, 0.3) is 0 Å². The topological polar surface area (TPSA) is 115 Å². The molecule has 0 aliphatic heterocycles. The fourth-order valence-electron chi connectivity index (χ4n) is 3.60. The van der Waals surface area contributed by atoms with Crippen LogP contribution in [-0.2, 0) is 16.0 Å². The molecule has 3 aromatic carbocycles. The van der Waals surface area contributed by atoms with E-state index >= 15 is 0 Å². The number of carbonyl (C=O) groups is 3. The van der Waals surface area contributed by atoms with E-state index in [0.717, 1.165) is 5.56 Å². The smallest absolute Gasteiger partial charge is 0.341 e. The van der Waals surface area contributed by atoms with Gasteiger partial charge in [-0.05, 0) is 55.3 Å². The highest BCUT2D eigenvalue weighted by Gasteiger charge is 2.19. The molecule has 9 nitrogen and oxygen atoms in total. The van der Waals surface area contributed by atoms with Crippen LogP contribution in [0.3, 0.4) is 0 Å². The van der Waals surface area contributed by atoms with Gasteiger partial charge < -0.3 is 24.8 Å². The number of methoxy groups -OCH3 is 2. The Kier molecular flexibility index (Phi) is 10.1. The second kappa shape index (κ2) is 13.5. The summed E-state index contributed by atoms with van der Waals surface area (Å²) in [4.78, 5) is 37.1. The summed E-state index contributed by atoms with van der Waals surface area (Å²) in [7, 11) is 2.76. The molecule has 2 amide bonds. The molecule has 0 radical (unpaired) electrons. The van der Waals surface area contributed by atoms with Gasteiger partial charge in [-0.15, -0.1) is 0 Å². The van der Waals surface area contributed by atoms with Crippen LogP contribution < -0.4 is 25.4 Å². The Morgan fingerprint density at radius 2 is 1.68 bits per heavy atom. The number of rotatable bonds is 11. The summed E-state index contributed by atoms with van der Waals surface area (Å²) < 4.78 is 16.0. The summed E-state index contributed by atoms with van der Waals surface area (Å²) in [5.74, 6) is -0.0834. The number of amides is 2. The predicted molar refractivity (Wildman–Crippen MR) is 146 cm³/mol. The van der Waals surface area contributed by atoms with Crippen molar-refractivity contribution in [1.82, 2.24) is 5.32 Å². The normalized spacial score (nSPS) is 11.3. The van der Waals surface area contributed by atoms with Crippen molar-refractivity contribution in [2.75, 3.05) is 31.4 Å². The van der Waals surface area contributed by atoms with Gasteiger partial charge in [-0.2, -0.15) is 0 Å². The molecule has 0 fully saturated rings. The number of Topliss-reactive ketones (excluding diaryl/α,β-unsaturated/α-hetero) is 1. The second-order valence-electron chi connectivity index (χ2n) is 8.39. The largest absolute Gasteiger partial charge is 0.495 e. The van der Waals surface area contributed by atoms with Gasteiger partial charge in [0.25, 0.3) is 0 Å². The molecule has 0 saturated heterocycles. The monoisotopic (exact) mass is 539 g/mol. The number of anilines is 2. The van der Waals surface area contributed by atoms with Gasteiger partial charge in [0.2, 0.25) is 0 Å². The lowest BCUT2D eigenvalue weighted by molar-refractivity contribution is -0.118. The third kappa shape index (κ3) is 7.71. The van der Waals surface area contributed by atoms with E-state index in [-0.39, 0.29) is 35.1 Å². The van der Waals surface area contributed by atoms with Crippen LogP contribution >= 0.6 is 11.6 Å². The van der Waals surface area contributed by atoms with Gasteiger partial charge in [0.15, 0.2) is 11.5 Å². The van der Waals surface area contributed by atoms with E-state index in [1.54, 1.807) is 43.3 Å². The number of para-hydroxylation sites is 2. The number of esters is 1. The zero-order valence-electron chi connectivity index (χ0n) is 21.6. The first kappa shape index (κ1) is 28.5. The van der Waals surface area contributed by atoms with Crippen LogP contribution in [0.4, 0.5) is 16.2 Å². The molecule has 0 heterocycles. The van der Waals surface area contributed by atoms with Crippen molar-refractivity contribution in [2.24, 2.45) is 0 Å². The Bertz CT molecular complexity index is 1310. The average molecular weight is 540 g/mol. The lowest BCUT2D eigenvalue weighted by Crippen LogP contribution is -2.36. The Labute approximate surface area is 226 Å². The molecule has 0 aliphatic rings. The molecule has 0 bridgehead atoms. The van der Waals surface area contributed by atoms with Crippen molar-refractivity contribution in [3.8, 4) is 11.5 Å². The van der Waals surface area contributed by atoms with Gasteiger partial charge in [-0.1, -0.05) is 41.9 Å². The van der Waals surface area contributed by atoms with Gasteiger partial charge in [-0.25, -0.2) is 9.59 Å². The molecule has 3 aromatic rings. The number of aryl methyl sites for hydroxylation is 1. The molecule has 1 unspecified atom stereocenters. The number of urea groups is 1. The van der Waals surface area contributed by atoms with Crippen molar-refractivity contribution in [2.45, 2.75) is 26.5 Å². The molecule has 0 aromatic heterocycles. The first-order valence-electron chi connectivity index (χ1n) is 11.8. The van der Waals surface area contributed by atoms with Gasteiger partial charge in [-0.3, -0.25) is 10.1 Å². The van der Waals surface area contributed by atoms with E-state index in [0.29, 0.717) is 22.7 Å². The van der Waals surface area contributed by atoms with Gasteiger partial charge >= 0.3 is 12.0 Å². The number of halogens is 1. The van der Waals surface area contributed by atoms with Crippen molar-refractivity contribution >= 4 is 40.8 Å². The van der Waals surface area contributed by atoms with Gasteiger partial charge in [0.05, 0.1) is 31.5 Å². The molecule has 38 heavy (non-hydrogen) atoms. The molecule has 0 aliphatic carbocycles. The summed E-state index contributed by atoms with van der Waals surface area (Å²) in [5.41, 5.74) is 3.01. The maximum Gasteiger partial charge on any atom is 0.341 e. The Hall–Kier alpha value is -4.08. The number of benzene rings is 3. The number of hydrogen-bond donors (Lipinski definition) is 3. The lowest BCUT2D eigenvalue weighted by atomic mass is 10.1. The molecule has 3 N–H and O–H groups in total. The first-order chi connectivity index (χ1) is 18.2. The summed E-state index contributed by atoms with van der Waals surface area (Å²) in [6, 6.07) is 16.9. The lowest BCUT2D eigenvalue weighted by Gasteiger charge is -2.19. The number of nitrogens with one attached hydrogen (secondary N) is 3. The Morgan fingerprint density at radius 1 is 0.947 bits per heavy atom. The fourth-order valence-corrected chi connectivity index (χ4v) is 3.82. The van der Waals surface area contributed by atoms with E-state index in [4.69, 9.17) is 25.8 Å². The third-order valence-corrected chi connectivity index (χ3v) is 5.86. The van der Waals surface area contributed by atoms with Crippen molar-refractivity contribution in [3.63, 3.8) is 0 Å². The van der Waals surface area contributed by atoms with E-state index in [2.05, 4.69) is 16.0 Å². The van der Waals surface area contributed by atoms with Crippen LogP contribution in [0, 0.1) is 6.92 Å². The van der Waals surface area contributed by atoms with Crippen LogP contribution in [-0.4, -0.2) is 44.8 Å². The zero-order valence-corrected chi connectivity index (χ0v) is 22.3. The second-order valence-corrected chi connectivity index (χ2v) is 8.80. The summed E-state index contributed by atoms with van der Waals surface area (Å²) in [5, 5.41) is 8.80. The molecule has 10 heteroatoms. The Balaban J connectivity index is 1.56. The SMILES string of the molecule is COC(=O)c1cccc(Cl)c1OC(C)NCC(=O)Cc1ccc(NC(=O)Nc2ccccc2C)c(OC)c1. The number of hydrogen-bond acceptors (Lipinski definition) is 7. The maximum atomic E-state index is 12.6. The molecule has 200 valence electrons. The fraction of sp³-hybridized carbons (Fsp3) is 0.250. The van der Waals surface area contributed by atoms with E-state index < -0.39 is 18.2 Å². The highest BCUT2D eigenvalue weighted by molar-refractivity contribution is 6.32. The van der Waals surface area contributed by atoms with E-state index in [1.165, 1.54) is 14.2 Å². The van der Waals surface area contributed by atoms with Crippen LogP contribution in [0.15, 0.2) is 60.7 Å². The zero-order chi connectivity index (χ0) is 27.7. The van der Waals surface area contributed by atoms with Crippen molar-refractivity contribution in [1.29, 1.82) is 0 Å². The van der Waals surface area contributed by atoms with Crippen LogP contribution in [0.2, 0.25) is 5.02 Å². The standard InChI is InChI=1S/C28H30ClN3O6/c1-17-8-5-6-11-23(17)31-28(35)32-24-13-12-19(15-25(24)36-3)14-20(33)16-30-18(2)38-26-21(27(34)37-4)9-7-10-22(26)29/h5-13,15,18,30H,14,16H2,1-4H3,(H2,31,32,35). The average Bonchev–Trinajstić information content (AvgIpc) is 2.90. The molecule has 1 atom stereocenters. The van der Waals surface area contributed by atoms with Crippen LogP contribution in [0.5, 0.6) is 11.5 Å². The quantitative estimate of drug-likeness (QED) is 0.226. The highest BCUT2D eigenvalue weighted by Crippen LogP contribution is 2.30. The number of ether oxygens (including phenoxy) is 3. The summed E-state index contributed by atoms with van der Waals surface area (Å²) in [6.45, 7) is 3.61. The van der Waals surface area contributed by atoms with Crippen LogP contribution in [0.1, 0.15) is 28.4 Å². The summed E-state index contributed by atoms with van der Waals surface area (Å²) in [6.07, 6.45) is -0.485. The molecule has 0 spiro atoms. The molecular weight excluding hydrogens is 510 g/mol. The minimum atomic E-state index is -0.616. The number of carbonyl (C=O) groups excluding carboxylic acids is 3. The van der Waals surface area contributed by atoms with E-state index in [9.17, 15) is 14.4 Å². The van der Waals surface area contributed by atoms with E-state index in [1.807, 2.05) is 31.2 Å². The van der Waals surface area contributed by atoms with Gasteiger partial charge in [0.1, 0.15) is 17.5 Å². The van der Waals surface area contributed by atoms with Gasteiger partial charge in [0, 0.05) is 12.1 Å². The predicted octanol–water partition coefficient (Wildman–Crippen LogP) is 5.21. The maximum absolute atomic E-state index is 12.6. The van der Waals surface area contributed by atoms with Crippen molar-refractivity contribution in [3.05, 3.63) is 82.4 Å². The highest BCUT2D eigenvalue weighted by atomic mass is 35.5. The minimum Gasteiger partial charge on any atom is -0.495 e. The first-order valence-corrected chi connectivity index (χ1v) is 12.2. The molecular formula is C28H30ClN3O6. The molecule has 0 saturated carbocycles. The summed E-state index contributed by atoms with van der Waals surface area (Å²) >= 11 is 6.20. The van der Waals surface area contributed by atoms with Crippen molar-refractivity contribution < 1.29 is 28.6 Å².